The summed E-state index contributed by atoms with van der Waals surface area (Å²) in [6, 6.07) is 2.44. The smallest absolute Gasteiger partial charge is 0.190 e. The highest BCUT2D eigenvalue weighted by atomic mass is 19.1. The van der Waals surface area contributed by atoms with Crippen LogP contribution in [-0.2, 0) is 6.54 Å². The van der Waals surface area contributed by atoms with E-state index in [1.165, 1.54) is 12.1 Å². The molecule has 0 amide bonds. The van der Waals surface area contributed by atoms with Crippen molar-refractivity contribution in [3.63, 3.8) is 0 Å². The van der Waals surface area contributed by atoms with Gasteiger partial charge in [0.25, 0.3) is 0 Å². The topological polar surface area (TPSA) is 21.3 Å². The molecule has 1 aromatic rings. The molecule has 0 heterocycles. The maximum Gasteiger partial charge on any atom is 0.190 e. The van der Waals surface area contributed by atoms with Gasteiger partial charge >= 0.3 is 0 Å². The molecule has 0 aromatic heterocycles. The summed E-state index contributed by atoms with van der Waals surface area (Å²) in [4.78, 5) is 0. The van der Waals surface area contributed by atoms with Crippen molar-refractivity contribution in [1.29, 1.82) is 0 Å². The number of nitrogens with one attached hydrogen (secondary N) is 1. The summed E-state index contributed by atoms with van der Waals surface area (Å²) in [5.41, 5.74) is 0.514. The fourth-order valence-corrected chi connectivity index (χ4v) is 1.35. The van der Waals surface area contributed by atoms with Crippen LogP contribution in [0.1, 0.15) is 18.9 Å². The van der Waals surface area contributed by atoms with Gasteiger partial charge in [-0.2, -0.15) is 0 Å². The summed E-state index contributed by atoms with van der Waals surface area (Å²) in [5, 5.41) is 2.97. The van der Waals surface area contributed by atoms with Gasteiger partial charge in [0.05, 0.1) is 13.3 Å². The van der Waals surface area contributed by atoms with E-state index in [2.05, 4.69) is 5.32 Å². The maximum atomic E-state index is 13.5. The van der Waals surface area contributed by atoms with Crippen molar-refractivity contribution in [2.45, 2.75) is 19.9 Å². The van der Waals surface area contributed by atoms with Crippen LogP contribution >= 0.6 is 0 Å². The maximum absolute atomic E-state index is 13.5. The standard InChI is InChI=1S/C12H16F3NO/c1-2-16-8-9-6-10(14)12(11(15)7-9)17-5-3-4-13/h6-7,16H,2-5,8H2,1H3. The van der Waals surface area contributed by atoms with Gasteiger partial charge in [0.15, 0.2) is 17.4 Å². The van der Waals surface area contributed by atoms with Crippen LogP contribution < -0.4 is 10.1 Å². The molecule has 1 aromatic carbocycles. The predicted octanol–water partition coefficient (Wildman–Crippen LogP) is 2.81. The molecule has 0 spiro atoms. The number of alkyl halides is 1. The van der Waals surface area contributed by atoms with Crippen molar-refractivity contribution in [1.82, 2.24) is 5.32 Å². The largest absolute Gasteiger partial charge is 0.488 e. The molecule has 1 N–H and O–H groups in total. The summed E-state index contributed by atoms with van der Waals surface area (Å²) in [5.74, 6) is -1.94. The Morgan fingerprint density at radius 3 is 2.41 bits per heavy atom. The molecule has 0 aliphatic carbocycles. The third-order valence-corrected chi connectivity index (χ3v) is 2.16. The molecule has 0 atom stereocenters. The highest BCUT2D eigenvalue weighted by Gasteiger charge is 2.12. The van der Waals surface area contributed by atoms with Crippen molar-refractivity contribution in [2.24, 2.45) is 0 Å². The molecular formula is C12H16F3NO. The van der Waals surface area contributed by atoms with Crippen LogP contribution in [0.15, 0.2) is 12.1 Å². The molecule has 0 fully saturated rings. The van der Waals surface area contributed by atoms with Gasteiger partial charge in [0.2, 0.25) is 0 Å². The van der Waals surface area contributed by atoms with Gasteiger partial charge in [-0.3, -0.25) is 4.39 Å². The second-order valence-corrected chi connectivity index (χ2v) is 3.56. The van der Waals surface area contributed by atoms with E-state index in [4.69, 9.17) is 4.74 Å². The molecule has 0 saturated heterocycles. The Hall–Kier alpha value is -1.23. The first-order chi connectivity index (χ1) is 8.19. The van der Waals surface area contributed by atoms with Crippen LogP contribution in [0.3, 0.4) is 0 Å². The van der Waals surface area contributed by atoms with Gasteiger partial charge in [-0.1, -0.05) is 6.92 Å². The van der Waals surface area contributed by atoms with E-state index in [1.54, 1.807) is 0 Å². The highest BCUT2D eigenvalue weighted by Crippen LogP contribution is 2.23. The number of ether oxygens (including phenoxy) is 1. The number of benzene rings is 1. The van der Waals surface area contributed by atoms with E-state index >= 15 is 0 Å². The van der Waals surface area contributed by atoms with Gasteiger partial charge < -0.3 is 10.1 Å². The van der Waals surface area contributed by atoms with Crippen molar-refractivity contribution < 1.29 is 17.9 Å². The highest BCUT2D eigenvalue weighted by molar-refractivity contribution is 5.31. The first-order valence-corrected chi connectivity index (χ1v) is 5.56. The third-order valence-electron chi connectivity index (χ3n) is 2.16. The van der Waals surface area contributed by atoms with E-state index in [9.17, 15) is 13.2 Å². The van der Waals surface area contributed by atoms with Gasteiger partial charge in [0, 0.05) is 13.0 Å². The zero-order valence-electron chi connectivity index (χ0n) is 9.73. The molecule has 2 nitrogen and oxygen atoms in total. The lowest BCUT2D eigenvalue weighted by Crippen LogP contribution is -2.12. The number of halogens is 3. The molecular weight excluding hydrogens is 231 g/mol. The van der Waals surface area contributed by atoms with E-state index in [1.807, 2.05) is 6.92 Å². The average Bonchev–Trinajstić information content (AvgIpc) is 2.30. The summed E-state index contributed by atoms with van der Waals surface area (Å²) in [6.07, 6.45) is 0.123. The van der Waals surface area contributed by atoms with Gasteiger partial charge in [-0.25, -0.2) is 8.78 Å². The fraction of sp³-hybridized carbons (Fsp3) is 0.500. The summed E-state index contributed by atoms with van der Waals surface area (Å²) < 4.78 is 43.6. The second kappa shape index (κ2) is 7.17. The van der Waals surface area contributed by atoms with Crippen LogP contribution in [0.2, 0.25) is 0 Å². The predicted molar refractivity (Wildman–Crippen MR) is 59.8 cm³/mol. The first-order valence-electron chi connectivity index (χ1n) is 5.56. The Balaban J connectivity index is 2.72. The van der Waals surface area contributed by atoms with Crippen molar-refractivity contribution >= 4 is 0 Å². The normalized spacial score (nSPS) is 10.6. The molecule has 5 heteroatoms. The number of hydrogen-bond acceptors (Lipinski definition) is 2. The van der Waals surface area contributed by atoms with Crippen LogP contribution in [0.25, 0.3) is 0 Å². The Morgan fingerprint density at radius 1 is 1.24 bits per heavy atom. The fourth-order valence-electron chi connectivity index (χ4n) is 1.35. The Labute approximate surface area is 98.8 Å². The average molecular weight is 247 g/mol. The van der Waals surface area contributed by atoms with E-state index in [0.29, 0.717) is 12.1 Å². The number of hydrogen-bond donors (Lipinski definition) is 1. The molecule has 0 bridgehead atoms. The van der Waals surface area contributed by atoms with Crippen molar-refractivity contribution in [3.8, 4) is 5.75 Å². The molecule has 0 radical (unpaired) electrons. The molecule has 1 rings (SSSR count). The minimum Gasteiger partial charge on any atom is -0.488 e. The van der Waals surface area contributed by atoms with Gasteiger partial charge in [0.1, 0.15) is 0 Å². The van der Waals surface area contributed by atoms with Crippen LogP contribution in [0.4, 0.5) is 13.2 Å². The Kier molecular flexibility index (Phi) is 5.83. The lowest BCUT2D eigenvalue weighted by Gasteiger charge is -2.09. The summed E-state index contributed by atoms with van der Waals surface area (Å²) in [6.45, 7) is 2.42. The van der Waals surface area contributed by atoms with E-state index in [-0.39, 0.29) is 13.0 Å². The second-order valence-electron chi connectivity index (χ2n) is 3.56. The van der Waals surface area contributed by atoms with Gasteiger partial charge in [-0.05, 0) is 24.2 Å². The molecule has 0 unspecified atom stereocenters. The molecule has 96 valence electrons. The van der Waals surface area contributed by atoms with Crippen molar-refractivity contribution in [3.05, 3.63) is 29.3 Å². The first kappa shape index (κ1) is 13.8. The molecule has 0 aliphatic heterocycles. The summed E-state index contributed by atoms with van der Waals surface area (Å²) >= 11 is 0. The molecule has 0 aliphatic rings. The lowest BCUT2D eigenvalue weighted by atomic mass is 10.2. The Morgan fingerprint density at radius 2 is 1.88 bits per heavy atom. The quantitative estimate of drug-likeness (QED) is 0.748. The van der Waals surface area contributed by atoms with Crippen molar-refractivity contribution in [2.75, 3.05) is 19.8 Å². The zero-order valence-corrected chi connectivity index (χ0v) is 9.73. The minimum absolute atomic E-state index is 0.0309. The van der Waals surface area contributed by atoms with Crippen LogP contribution in [0, 0.1) is 11.6 Å². The zero-order chi connectivity index (χ0) is 12.7. The molecule has 17 heavy (non-hydrogen) atoms. The monoisotopic (exact) mass is 247 g/mol. The van der Waals surface area contributed by atoms with E-state index < -0.39 is 24.1 Å². The van der Waals surface area contributed by atoms with Gasteiger partial charge in [-0.15, -0.1) is 0 Å². The Bertz CT molecular complexity index is 335. The third kappa shape index (κ3) is 4.26. The SMILES string of the molecule is CCNCc1cc(F)c(OCCCF)c(F)c1. The van der Waals surface area contributed by atoms with Crippen LogP contribution in [0.5, 0.6) is 5.75 Å². The van der Waals surface area contributed by atoms with E-state index in [0.717, 1.165) is 6.54 Å². The minimum atomic E-state index is -0.753. The number of rotatable bonds is 7. The lowest BCUT2D eigenvalue weighted by molar-refractivity contribution is 0.264. The van der Waals surface area contributed by atoms with Crippen LogP contribution in [-0.4, -0.2) is 19.8 Å². The summed E-state index contributed by atoms with van der Waals surface area (Å²) in [7, 11) is 0. The molecule has 0 saturated carbocycles.